The lowest BCUT2D eigenvalue weighted by molar-refractivity contribution is -0.133. The van der Waals surface area contributed by atoms with Crippen molar-refractivity contribution >= 4 is 5.91 Å². The van der Waals surface area contributed by atoms with Crippen molar-refractivity contribution in [3.05, 3.63) is 53.0 Å². The fourth-order valence-electron chi connectivity index (χ4n) is 2.93. The van der Waals surface area contributed by atoms with Gasteiger partial charge in [-0.1, -0.05) is 30.3 Å². The Balaban J connectivity index is 1.52. The summed E-state index contributed by atoms with van der Waals surface area (Å²) in [6.07, 6.45) is 1.40. The van der Waals surface area contributed by atoms with Crippen LogP contribution in [0.5, 0.6) is 0 Å². The minimum absolute atomic E-state index is 0.0701. The molecule has 0 aliphatic carbocycles. The van der Waals surface area contributed by atoms with Crippen molar-refractivity contribution in [1.82, 2.24) is 34.0 Å². The van der Waals surface area contributed by atoms with E-state index < -0.39 is 0 Å². The molecular formula is C16H17N7O2. The monoisotopic (exact) mass is 339 g/mol. The largest absolute Gasteiger partial charge is 0.345 e. The van der Waals surface area contributed by atoms with Crippen molar-refractivity contribution in [3.8, 4) is 11.4 Å². The molecule has 0 N–H and O–H groups in total. The van der Waals surface area contributed by atoms with Crippen LogP contribution in [-0.2, 0) is 31.5 Å². The van der Waals surface area contributed by atoms with E-state index in [2.05, 4.69) is 15.3 Å². The molecule has 25 heavy (non-hydrogen) atoms. The summed E-state index contributed by atoms with van der Waals surface area (Å²) in [5, 5.41) is 12.4. The highest BCUT2D eigenvalue weighted by Crippen LogP contribution is 2.21. The van der Waals surface area contributed by atoms with Crippen molar-refractivity contribution < 1.29 is 4.79 Å². The number of aryl methyl sites for hydroxylation is 1. The molecule has 0 saturated heterocycles. The van der Waals surface area contributed by atoms with E-state index in [1.165, 1.54) is 10.9 Å². The summed E-state index contributed by atoms with van der Waals surface area (Å²) in [6, 6.07) is 9.85. The zero-order chi connectivity index (χ0) is 17.4. The maximum atomic E-state index is 12.5. The van der Waals surface area contributed by atoms with Gasteiger partial charge in [-0.15, -0.1) is 10.2 Å². The highest BCUT2D eigenvalue weighted by atomic mass is 16.2. The summed E-state index contributed by atoms with van der Waals surface area (Å²) >= 11 is 0. The Morgan fingerprint density at radius 3 is 2.68 bits per heavy atom. The van der Waals surface area contributed by atoms with Gasteiger partial charge in [0.2, 0.25) is 5.91 Å². The first-order valence-electron chi connectivity index (χ1n) is 7.97. The average molecular weight is 339 g/mol. The van der Waals surface area contributed by atoms with Crippen LogP contribution in [-0.4, -0.2) is 46.5 Å². The number of carbonyl (C=O) groups excluding carboxylic acids is 1. The molecule has 0 spiro atoms. The Hall–Kier alpha value is -3.23. The molecule has 1 aromatic carbocycles. The van der Waals surface area contributed by atoms with Crippen LogP contribution in [0.2, 0.25) is 0 Å². The summed E-state index contributed by atoms with van der Waals surface area (Å²) in [5.41, 5.74) is 0.695. The predicted octanol–water partition coefficient (Wildman–Crippen LogP) is -0.117. The SMILES string of the molecule is Cn1cnn(CC(=O)N2CCn3c(nnc3-c3ccccc3)C2)c1=O. The lowest BCUT2D eigenvalue weighted by Crippen LogP contribution is -2.41. The Bertz CT molecular complexity index is 970. The van der Waals surface area contributed by atoms with Gasteiger partial charge in [0.25, 0.3) is 0 Å². The number of aromatic nitrogens is 6. The Labute approximate surface area is 143 Å². The number of fused-ring (bicyclic) bond motifs is 1. The van der Waals surface area contributed by atoms with Crippen molar-refractivity contribution in [1.29, 1.82) is 0 Å². The molecule has 0 fully saturated rings. The van der Waals surface area contributed by atoms with Gasteiger partial charge >= 0.3 is 5.69 Å². The number of nitrogens with zero attached hydrogens (tertiary/aromatic N) is 7. The third-order valence-electron chi connectivity index (χ3n) is 4.31. The van der Waals surface area contributed by atoms with E-state index in [9.17, 15) is 9.59 Å². The molecule has 3 heterocycles. The van der Waals surface area contributed by atoms with E-state index in [-0.39, 0.29) is 18.1 Å². The molecular weight excluding hydrogens is 322 g/mol. The van der Waals surface area contributed by atoms with Crippen LogP contribution >= 0.6 is 0 Å². The lowest BCUT2D eigenvalue weighted by atomic mass is 10.2. The first-order valence-corrected chi connectivity index (χ1v) is 7.97. The van der Waals surface area contributed by atoms with Gasteiger partial charge in [-0.3, -0.25) is 9.36 Å². The molecule has 9 nitrogen and oxygen atoms in total. The second kappa shape index (κ2) is 6.00. The number of benzene rings is 1. The van der Waals surface area contributed by atoms with Gasteiger partial charge in [-0.05, 0) is 0 Å². The van der Waals surface area contributed by atoms with Crippen molar-refractivity contribution in [2.45, 2.75) is 19.6 Å². The summed E-state index contributed by atoms with van der Waals surface area (Å²) in [7, 11) is 1.60. The number of rotatable bonds is 3. The van der Waals surface area contributed by atoms with Gasteiger partial charge in [-0.2, -0.15) is 5.10 Å². The molecule has 1 aliphatic rings. The van der Waals surface area contributed by atoms with Crippen LogP contribution in [0.15, 0.2) is 41.5 Å². The van der Waals surface area contributed by atoms with Crippen LogP contribution in [0.1, 0.15) is 5.82 Å². The van der Waals surface area contributed by atoms with Gasteiger partial charge in [0, 0.05) is 25.7 Å². The fraction of sp³-hybridized carbons (Fsp3) is 0.312. The first kappa shape index (κ1) is 15.3. The molecule has 4 rings (SSSR count). The van der Waals surface area contributed by atoms with E-state index in [1.807, 2.05) is 34.9 Å². The topological polar surface area (TPSA) is 90.8 Å². The van der Waals surface area contributed by atoms with Crippen molar-refractivity contribution in [3.63, 3.8) is 0 Å². The normalized spacial score (nSPS) is 13.7. The van der Waals surface area contributed by atoms with Crippen LogP contribution < -0.4 is 5.69 Å². The highest BCUT2D eigenvalue weighted by Gasteiger charge is 2.25. The summed E-state index contributed by atoms with van der Waals surface area (Å²) in [5.74, 6) is 1.40. The molecule has 128 valence electrons. The Kier molecular flexibility index (Phi) is 3.68. The second-order valence-corrected chi connectivity index (χ2v) is 5.95. The molecule has 0 bridgehead atoms. The minimum atomic E-state index is -0.306. The van der Waals surface area contributed by atoms with Crippen LogP contribution in [0.4, 0.5) is 0 Å². The molecule has 0 radical (unpaired) electrons. The zero-order valence-corrected chi connectivity index (χ0v) is 13.7. The number of amides is 1. The molecule has 3 aromatic rings. The second-order valence-electron chi connectivity index (χ2n) is 5.95. The van der Waals surface area contributed by atoms with Crippen LogP contribution in [0.3, 0.4) is 0 Å². The predicted molar refractivity (Wildman–Crippen MR) is 88.3 cm³/mol. The molecule has 1 amide bonds. The Morgan fingerprint density at radius 2 is 1.96 bits per heavy atom. The average Bonchev–Trinajstić information content (AvgIpc) is 3.20. The third kappa shape index (κ3) is 2.73. The lowest BCUT2D eigenvalue weighted by Gasteiger charge is -2.27. The van der Waals surface area contributed by atoms with Crippen LogP contribution in [0.25, 0.3) is 11.4 Å². The molecule has 9 heteroatoms. The maximum absolute atomic E-state index is 12.5. The molecule has 1 aliphatic heterocycles. The molecule has 0 atom stereocenters. The Morgan fingerprint density at radius 1 is 1.16 bits per heavy atom. The van der Waals surface area contributed by atoms with Crippen molar-refractivity contribution in [2.75, 3.05) is 6.54 Å². The zero-order valence-electron chi connectivity index (χ0n) is 13.7. The van der Waals surface area contributed by atoms with Gasteiger partial charge in [0.1, 0.15) is 12.9 Å². The summed E-state index contributed by atoms with van der Waals surface area (Å²) < 4.78 is 4.54. The van der Waals surface area contributed by atoms with E-state index >= 15 is 0 Å². The minimum Gasteiger partial charge on any atom is -0.332 e. The summed E-state index contributed by atoms with van der Waals surface area (Å²) in [6.45, 7) is 1.47. The van der Waals surface area contributed by atoms with Gasteiger partial charge in [0.15, 0.2) is 11.6 Å². The molecule has 2 aromatic heterocycles. The number of hydrogen-bond donors (Lipinski definition) is 0. The van der Waals surface area contributed by atoms with E-state index in [0.717, 1.165) is 21.9 Å². The maximum Gasteiger partial charge on any atom is 0.345 e. The number of hydrogen-bond acceptors (Lipinski definition) is 5. The van der Waals surface area contributed by atoms with E-state index in [4.69, 9.17) is 0 Å². The van der Waals surface area contributed by atoms with Gasteiger partial charge < -0.3 is 9.47 Å². The first-order chi connectivity index (χ1) is 12.1. The quantitative estimate of drug-likeness (QED) is 0.664. The standard InChI is InChI=1S/C16H17N7O2/c1-20-11-17-23(16(20)25)10-14(24)21-7-8-22-13(9-21)18-19-15(22)12-5-3-2-4-6-12/h2-6,11H,7-10H2,1H3. The van der Waals surface area contributed by atoms with Crippen molar-refractivity contribution in [2.24, 2.45) is 7.05 Å². The van der Waals surface area contributed by atoms with Gasteiger partial charge in [-0.25, -0.2) is 9.48 Å². The molecule has 0 unspecified atom stereocenters. The van der Waals surface area contributed by atoms with E-state index in [0.29, 0.717) is 19.6 Å². The van der Waals surface area contributed by atoms with Gasteiger partial charge in [0.05, 0.1) is 6.54 Å². The van der Waals surface area contributed by atoms with Crippen LogP contribution in [0, 0.1) is 0 Å². The number of carbonyl (C=O) groups is 1. The molecule has 0 saturated carbocycles. The fourth-order valence-corrected chi connectivity index (χ4v) is 2.93. The van der Waals surface area contributed by atoms with E-state index in [1.54, 1.807) is 11.9 Å². The smallest absolute Gasteiger partial charge is 0.332 e. The summed E-state index contributed by atoms with van der Waals surface area (Å²) in [4.78, 5) is 26.0. The third-order valence-corrected chi connectivity index (χ3v) is 4.31. The highest BCUT2D eigenvalue weighted by molar-refractivity contribution is 5.76.